The fraction of sp³-hybridized carbons (Fsp3) is 0.308. The Morgan fingerprint density at radius 3 is 2.75 bits per heavy atom. The van der Waals surface area contributed by atoms with Crippen LogP contribution in [0.3, 0.4) is 0 Å². The zero-order chi connectivity index (χ0) is 14.9. The summed E-state index contributed by atoms with van der Waals surface area (Å²) in [5.41, 5.74) is 1.08. The first-order valence-electron chi connectivity index (χ1n) is 5.97. The lowest BCUT2D eigenvalue weighted by atomic mass is 10.1. The van der Waals surface area contributed by atoms with Gasteiger partial charge in [0.2, 0.25) is 5.91 Å². The van der Waals surface area contributed by atoms with Gasteiger partial charge in [0.25, 0.3) is 5.91 Å². The highest BCUT2D eigenvalue weighted by molar-refractivity contribution is 6.31. The Labute approximate surface area is 120 Å². The number of nitrogens with one attached hydrogen (secondary N) is 1. The van der Waals surface area contributed by atoms with E-state index < -0.39 is 17.9 Å². The topological polar surface area (TPSA) is 86.7 Å². The van der Waals surface area contributed by atoms with Crippen molar-refractivity contribution in [3.63, 3.8) is 0 Å². The molecule has 0 aliphatic carbocycles. The highest BCUT2D eigenvalue weighted by Crippen LogP contribution is 2.19. The number of hydrogen-bond acceptors (Lipinski definition) is 3. The van der Waals surface area contributed by atoms with Crippen molar-refractivity contribution < 1.29 is 19.5 Å². The molecule has 6 nitrogen and oxygen atoms in total. The minimum atomic E-state index is -1.16. The van der Waals surface area contributed by atoms with Gasteiger partial charge >= 0.3 is 5.97 Å². The summed E-state index contributed by atoms with van der Waals surface area (Å²) in [5.74, 6) is -2.06. The molecular formula is C13H13ClN2O4. The molecule has 1 aromatic carbocycles. The predicted octanol–water partition coefficient (Wildman–Crippen LogP) is 0.674. The van der Waals surface area contributed by atoms with Gasteiger partial charge in [0.15, 0.2) is 0 Å². The molecule has 1 saturated heterocycles. The van der Waals surface area contributed by atoms with Crippen LogP contribution in [0.5, 0.6) is 0 Å². The predicted molar refractivity (Wildman–Crippen MR) is 71.7 cm³/mol. The Hall–Kier alpha value is -2.08. The molecule has 0 bridgehead atoms. The molecule has 0 saturated carbocycles. The zero-order valence-corrected chi connectivity index (χ0v) is 11.5. The van der Waals surface area contributed by atoms with E-state index in [1.807, 2.05) is 0 Å². The number of benzene rings is 1. The zero-order valence-electron chi connectivity index (χ0n) is 10.7. The van der Waals surface area contributed by atoms with Crippen LogP contribution in [-0.4, -0.2) is 46.9 Å². The van der Waals surface area contributed by atoms with E-state index in [0.29, 0.717) is 5.02 Å². The Kier molecular flexibility index (Phi) is 3.94. The van der Waals surface area contributed by atoms with Gasteiger partial charge in [0.1, 0.15) is 12.6 Å². The Morgan fingerprint density at radius 1 is 1.45 bits per heavy atom. The van der Waals surface area contributed by atoms with Crippen molar-refractivity contribution in [1.82, 2.24) is 10.2 Å². The first kappa shape index (κ1) is 14.3. The minimum Gasteiger partial charge on any atom is -0.480 e. The van der Waals surface area contributed by atoms with Crippen molar-refractivity contribution in [2.45, 2.75) is 13.0 Å². The molecule has 2 rings (SSSR count). The molecule has 1 aliphatic heterocycles. The quantitative estimate of drug-likeness (QED) is 0.840. The summed E-state index contributed by atoms with van der Waals surface area (Å²) < 4.78 is 0. The number of carboxylic acids is 1. The van der Waals surface area contributed by atoms with Crippen molar-refractivity contribution in [3.8, 4) is 0 Å². The van der Waals surface area contributed by atoms with Crippen LogP contribution in [-0.2, 0) is 9.59 Å². The summed E-state index contributed by atoms with van der Waals surface area (Å²) >= 11 is 5.96. The number of carboxylic acid groups (broad SMARTS) is 1. The number of halogens is 1. The van der Waals surface area contributed by atoms with E-state index in [0.717, 1.165) is 10.5 Å². The van der Waals surface area contributed by atoms with Crippen LogP contribution in [0, 0.1) is 6.92 Å². The van der Waals surface area contributed by atoms with Crippen LogP contribution >= 0.6 is 11.6 Å². The molecule has 20 heavy (non-hydrogen) atoms. The second-order valence-electron chi connectivity index (χ2n) is 4.56. The van der Waals surface area contributed by atoms with Crippen LogP contribution < -0.4 is 5.32 Å². The monoisotopic (exact) mass is 296 g/mol. The van der Waals surface area contributed by atoms with Crippen molar-refractivity contribution >= 4 is 29.4 Å². The molecule has 7 heteroatoms. The van der Waals surface area contributed by atoms with Gasteiger partial charge in [-0.1, -0.05) is 17.7 Å². The third-order valence-corrected chi connectivity index (χ3v) is 3.55. The van der Waals surface area contributed by atoms with E-state index in [-0.39, 0.29) is 24.6 Å². The third-order valence-electron chi connectivity index (χ3n) is 3.15. The van der Waals surface area contributed by atoms with Crippen LogP contribution in [0.1, 0.15) is 15.9 Å². The maximum absolute atomic E-state index is 12.3. The average Bonchev–Trinajstić information content (AvgIpc) is 2.40. The van der Waals surface area contributed by atoms with Crippen molar-refractivity contribution in [2.24, 2.45) is 0 Å². The number of carbonyl (C=O) groups excluding carboxylic acids is 2. The van der Waals surface area contributed by atoms with Gasteiger partial charge in [-0.2, -0.15) is 0 Å². The summed E-state index contributed by atoms with van der Waals surface area (Å²) in [6, 6.07) is 3.65. The molecule has 1 heterocycles. The van der Waals surface area contributed by atoms with Gasteiger partial charge in [-0.3, -0.25) is 9.59 Å². The Balaban J connectivity index is 2.31. The summed E-state index contributed by atoms with van der Waals surface area (Å²) in [7, 11) is 0. The van der Waals surface area contributed by atoms with E-state index in [9.17, 15) is 14.4 Å². The smallest absolute Gasteiger partial charge is 0.328 e. The number of hydrogen-bond donors (Lipinski definition) is 2. The average molecular weight is 297 g/mol. The van der Waals surface area contributed by atoms with Crippen molar-refractivity contribution in [2.75, 3.05) is 13.1 Å². The van der Waals surface area contributed by atoms with Crippen LogP contribution in [0.15, 0.2) is 18.2 Å². The number of aryl methyl sites for hydroxylation is 1. The first-order chi connectivity index (χ1) is 9.40. The van der Waals surface area contributed by atoms with E-state index in [1.54, 1.807) is 19.1 Å². The maximum Gasteiger partial charge on any atom is 0.328 e. The number of piperazine rings is 1. The third kappa shape index (κ3) is 2.75. The number of carbonyl (C=O) groups is 3. The highest BCUT2D eigenvalue weighted by Gasteiger charge is 2.35. The van der Waals surface area contributed by atoms with Gasteiger partial charge < -0.3 is 15.3 Å². The molecule has 1 aromatic rings. The van der Waals surface area contributed by atoms with Crippen molar-refractivity contribution in [3.05, 3.63) is 34.3 Å². The van der Waals surface area contributed by atoms with Crippen molar-refractivity contribution in [1.29, 1.82) is 0 Å². The van der Waals surface area contributed by atoms with Gasteiger partial charge in [-0.15, -0.1) is 0 Å². The lowest BCUT2D eigenvalue weighted by Crippen LogP contribution is -2.59. The lowest BCUT2D eigenvalue weighted by molar-refractivity contribution is -0.144. The normalized spacial score (nSPS) is 18.6. The molecule has 106 valence electrons. The van der Waals surface area contributed by atoms with Crippen LogP contribution in [0.25, 0.3) is 0 Å². The maximum atomic E-state index is 12.3. The van der Waals surface area contributed by atoms with Gasteiger partial charge in [-0.05, 0) is 24.6 Å². The number of aliphatic carboxylic acids is 1. The molecule has 1 atom stereocenters. The van der Waals surface area contributed by atoms with Crippen LogP contribution in [0.4, 0.5) is 0 Å². The lowest BCUT2D eigenvalue weighted by Gasteiger charge is -2.32. The number of rotatable bonds is 2. The standard InChI is InChI=1S/C13H13ClN2O4/c1-7-2-3-8(4-9(7)14)12(18)16-6-11(17)15-5-10(16)13(19)20/h2-4,10H,5-6H2,1H3,(H,15,17)(H,19,20). The van der Waals surface area contributed by atoms with E-state index in [1.165, 1.54) is 6.07 Å². The highest BCUT2D eigenvalue weighted by atomic mass is 35.5. The molecule has 2 N–H and O–H groups in total. The molecular weight excluding hydrogens is 284 g/mol. The second-order valence-corrected chi connectivity index (χ2v) is 4.96. The summed E-state index contributed by atoms with van der Waals surface area (Å²) in [5, 5.41) is 12.0. The molecule has 0 radical (unpaired) electrons. The van der Waals surface area contributed by atoms with Gasteiger partial charge in [-0.25, -0.2) is 4.79 Å². The SMILES string of the molecule is Cc1ccc(C(=O)N2CC(=O)NCC2C(=O)O)cc1Cl. The minimum absolute atomic E-state index is 0.0977. The van der Waals surface area contributed by atoms with E-state index in [4.69, 9.17) is 16.7 Å². The fourth-order valence-electron chi connectivity index (χ4n) is 1.97. The second kappa shape index (κ2) is 5.50. The molecule has 1 aliphatic rings. The molecule has 2 amide bonds. The summed E-state index contributed by atoms with van der Waals surface area (Å²) in [4.78, 5) is 35.9. The molecule has 0 spiro atoms. The number of amides is 2. The Bertz CT molecular complexity index is 588. The van der Waals surface area contributed by atoms with Gasteiger partial charge in [0, 0.05) is 17.1 Å². The first-order valence-corrected chi connectivity index (χ1v) is 6.34. The molecule has 0 aromatic heterocycles. The Morgan fingerprint density at radius 2 is 2.15 bits per heavy atom. The summed E-state index contributed by atoms with van der Waals surface area (Å²) in [6.45, 7) is 1.42. The van der Waals surface area contributed by atoms with E-state index >= 15 is 0 Å². The van der Waals surface area contributed by atoms with Gasteiger partial charge in [0.05, 0.1) is 0 Å². The molecule has 1 fully saturated rings. The van der Waals surface area contributed by atoms with E-state index in [2.05, 4.69) is 5.32 Å². The van der Waals surface area contributed by atoms with Crippen LogP contribution in [0.2, 0.25) is 5.02 Å². The fourth-order valence-corrected chi connectivity index (χ4v) is 2.15. The number of nitrogens with zero attached hydrogens (tertiary/aromatic N) is 1. The molecule has 1 unspecified atom stereocenters. The summed E-state index contributed by atoms with van der Waals surface area (Å²) in [6.07, 6.45) is 0. The largest absolute Gasteiger partial charge is 0.480 e.